The van der Waals surface area contributed by atoms with Crippen LogP contribution in [0.4, 0.5) is 0 Å². The monoisotopic (exact) mass is 279 g/mol. The van der Waals surface area contributed by atoms with E-state index in [4.69, 9.17) is 0 Å². The fraction of sp³-hybridized carbons (Fsp3) is 0.333. The van der Waals surface area contributed by atoms with E-state index in [0.717, 1.165) is 26.2 Å². The molecule has 3 nitrogen and oxygen atoms in total. The Hall–Kier alpha value is -1.68. The van der Waals surface area contributed by atoms with Crippen molar-refractivity contribution in [2.45, 2.75) is 6.04 Å². The van der Waals surface area contributed by atoms with Crippen molar-refractivity contribution in [2.75, 3.05) is 33.2 Å². The predicted molar refractivity (Wildman–Crippen MR) is 85.9 cm³/mol. The summed E-state index contributed by atoms with van der Waals surface area (Å²) < 4.78 is 0. The van der Waals surface area contributed by atoms with Crippen molar-refractivity contribution in [2.24, 2.45) is 0 Å². The summed E-state index contributed by atoms with van der Waals surface area (Å²) in [4.78, 5) is 2.38. The maximum absolute atomic E-state index is 3.76. The zero-order valence-electron chi connectivity index (χ0n) is 12.4. The van der Waals surface area contributed by atoms with Crippen molar-refractivity contribution in [1.29, 1.82) is 0 Å². The van der Waals surface area contributed by atoms with Crippen molar-refractivity contribution in [3.63, 3.8) is 0 Å². The molecule has 0 spiro atoms. The van der Waals surface area contributed by atoms with Crippen LogP contribution in [0.3, 0.4) is 0 Å². The average molecular weight is 279 g/mol. The third-order valence-corrected chi connectivity index (χ3v) is 4.65. The molecule has 0 unspecified atom stereocenters. The van der Waals surface area contributed by atoms with Crippen LogP contribution in [0.1, 0.15) is 17.2 Å². The van der Waals surface area contributed by atoms with E-state index < -0.39 is 0 Å². The van der Waals surface area contributed by atoms with E-state index in [2.05, 4.69) is 70.9 Å². The molecular formula is C18H21N3. The highest BCUT2D eigenvalue weighted by molar-refractivity contribution is 5.78. The van der Waals surface area contributed by atoms with Gasteiger partial charge in [0.2, 0.25) is 0 Å². The summed E-state index contributed by atoms with van der Waals surface area (Å²) in [6.45, 7) is 4.42. The lowest BCUT2D eigenvalue weighted by Crippen LogP contribution is -2.51. The van der Waals surface area contributed by atoms with Crippen LogP contribution >= 0.6 is 0 Å². The van der Waals surface area contributed by atoms with Gasteiger partial charge in [-0.05, 0) is 29.3 Å². The van der Waals surface area contributed by atoms with Crippen LogP contribution in [0.5, 0.6) is 0 Å². The van der Waals surface area contributed by atoms with Gasteiger partial charge in [0.15, 0.2) is 0 Å². The number of nitrogens with zero attached hydrogens (tertiary/aromatic N) is 2. The first-order valence-corrected chi connectivity index (χ1v) is 7.71. The molecule has 1 fully saturated rings. The first-order valence-electron chi connectivity index (χ1n) is 7.71. The smallest absolute Gasteiger partial charge is 0.0726 e. The van der Waals surface area contributed by atoms with Crippen molar-refractivity contribution in [3.05, 3.63) is 59.7 Å². The zero-order valence-corrected chi connectivity index (χ0v) is 12.4. The van der Waals surface area contributed by atoms with Gasteiger partial charge in [-0.25, -0.2) is 10.4 Å². The molecule has 0 amide bonds. The van der Waals surface area contributed by atoms with E-state index in [0.29, 0.717) is 6.04 Å². The summed E-state index contributed by atoms with van der Waals surface area (Å²) in [5.41, 5.74) is 9.31. The normalized spacial score (nSPS) is 19.5. The number of piperazine rings is 1. The molecule has 1 aliphatic carbocycles. The van der Waals surface area contributed by atoms with Crippen LogP contribution in [0, 0.1) is 0 Å². The van der Waals surface area contributed by atoms with Gasteiger partial charge >= 0.3 is 0 Å². The third kappa shape index (κ3) is 2.27. The Labute approximate surface area is 126 Å². The molecule has 3 heteroatoms. The van der Waals surface area contributed by atoms with Gasteiger partial charge in [0.1, 0.15) is 0 Å². The molecule has 1 aliphatic heterocycles. The van der Waals surface area contributed by atoms with Crippen LogP contribution in [0.2, 0.25) is 0 Å². The fourth-order valence-corrected chi connectivity index (χ4v) is 3.41. The molecule has 0 atom stereocenters. The number of nitrogens with one attached hydrogen (secondary N) is 1. The van der Waals surface area contributed by atoms with Crippen LogP contribution in [-0.4, -0.2) is 43.1 Å². The van der Waals surface area contributed by atoms with Crippen molar-refractivity contribution >= 4 is 0 Å². The minimum absolute atomic E-state index is 0.292. The second kappa shape index (κ2) is 5.26. The van der Waals surface area contributed by atoms with Gasteiger partial charge < -0.3 is 4.90 Å². The Kier molecular flexibility index (Phi) is 3.26. The summed E-state index contributed by atoms with van der Waals surface area (Å²) in [6.07, 6.45) is 0. The van der Waals surface area contributed by atoms with E-state index in [1.54, 1.807) is 0 Å². The first-order chi connectivity index (χ1) is 10.3. The van der Waals surface area contributed by atoms with Crippen molar-refractivity contribution in [1.82, 2.24) is 15.3 Å². The lowest BCUT2D eigenvalue weighted by atomic mass is 10.1. The molecule has 0 radical (unpaired) electrons. The minimum Gasteiger partial charge on any atom is -0.304 e. The van der Waals surface area contributed by atoms with Gasteiger partial charge in [0.25, 0.3) is 0 Å². The molecule has 1 heterocycles. The highest BCUT2D eigenvalue weighted by Gasteiger charge is 2.29. The molecule has 0 bridgehead atoms. The second-order valence-corrected chi connectivity index (χ2v) is 6.03. The van der Waals surface area contributed by atoms with Crippen LogP contribution in [0.25, 0.3) is 11.1 Å². The van der Waals surface area contributed by atoms with Gasteiger partial charge in [-0.2, -0.15) is 0 Å². The average Bonchev–Trinajstić information content (AvgIpc) is 2.85. The SMILES string of the molecule is CN1CCN(NC2c3ccccc3-c3ccccc32)CC1. The van der Waals surface area contributed by atoms with Crippen molar-refractivity contribution in [3.8, 4) is 11.1 Å². The molecule has 108 valence electrons. The quantitative estimate of drug-likeness (QED) is 0.911. The molecular weight excluding hydrogens is 258 g/mol. The number of rotatable bonds is 2. The van der Waals surface area contributed by atoms with E-state index in [9.17, 15) is 0 Å². The maximum Gasteiger partial charge on any atom is 0.0726 e. The summed E-state index contributed by atoms with van der Waals surface area (Å²) in [6, 6.07) is 17.8. The van der Waals surface area contributed by atoms with Gasteiger partial charge in [-0.15, -0.1) is 0 Å². The highest BCUT2D eigenvalue weighted by Crippen LogP contribution is 2.43. The summed E-state index contributed by atoms with van der Waals surface area (Å²) in [5.74, 6) is 0. The van der Waals surface area contributed by atoms with Gasteiger partial charge in [0.05, 0.1) is 6.04 Å². The minimum atomic E-state index is 0.292. The number of benzene rings is 2. The Morgan fingerprint density at radius 2 is 1.33 bits per heavy atom. The Morgan fingerprint density at radius 3 is 1.90 bits per heavy atom. The van der Waals surface area contributed by atoms with Crippen molar-refractivity contribution < 1.29 is 0 Å². The lowest BCUT2D eigenvalue weighted by Gasteiger charge is -2.35. The van der Waals surface area contributed by atoms with E-state index in [-0.39, 0.29) is 0 Å². The number of hydrogen-bond donors (Lipinski definition) is 1. The molecule has 2 aromatic rings. The molecule has 2 aromatic carbocycles. The summed E-state index contributed by atoms with van der Waals surface area (Å²) >= 11 is 0. The Morgan fingerprint density at radius 1 is 0.810 bits per heavy atom. The molecule has 0 aromatic heterocycles. The molecule has 2 aliphatic rings. The van der Waals surface area contributed by atoms with Gasteiger partial charge in [0, 0.05) is 26.2 Å². The Bertz CT molecular complexity index is 599. The van der Waals surface area contributed by atoms with E-state index in [1.807, 2.05) is 0 Å². The Balaban J connectivity index is 1.66. The highest BCUT2D eigenvalue weighted by atomic mass is 15.5. The van der Waals surface area contributed by atoms with Crippen LogP contribution < -0.4 is 5.43 Å². The maximum atomic E-state index is 3.76. The summed E-state index contributed by atoms with van der Waals surface area (Å²) in [7, 11) is 2.19. The van der Waals surface area contributed by atoms with Crippen LogP contribution in [0.15, 0.2) is 48.5 Å². The number of fused-ring (bicyclic) bond motifs is 3. The predicted octanol–water partition coefficient (Wildman–Crippen LogP) is 2.51. The summed E-state index contributed by atoms with van der Waals surface area (Å²) in [5, 5.41) is 2.38. The van der Waals surface area contributed by atoms with Gasteiger partial charge in [-0.3, -0.25) is 0 Å². The number of hydrazine groups is 1. The molecule has 1 saturated heterocycles. The third-order valence-electron chi connectivity index (χ3n) is 4.65. The van der Waals surface area contributed by atoms with E-state index in [1.165, 1.54) is 22.3 Å². The number of likely N-dealkylation sites (N-methyl/N-ethyl adjacent to an activating group) is 1. The zero-order chi connectivity index (χ0) is 14.2. The van der Waals surface area contributed by atoms with E-state index >= 15 is 0 Å². The van der Waals surface area contributed by atoms with Gasteiger partial charge in [-0.1, -0.05) is 48.5 Å². The van der Waals surface area contributed by atoms with Crippen LogP contribution in [-0.2, 0) is 0 Å². The molecule has 1 N–H and O–H groups in total. The first kappa shape index (κ1) is 13.0. The lowest BCUT2D eigenvalue weighted by molar-refractivity contribution is 0.0940. The molecule has 0 saturated carbocycles. The topological polar surface area (TPSA) is 18.5 Å². The molecule has 4 rings (SSSR count). The largest absolute Gasteiger partial charge is 0.304 e. The fourth-order valence-electron chi connectivity index (χ4n) is 3.41. The molecule has 21 heavy (non-hydrogen) atoms. The number of hydrogen-bond acceptors (Lipinski definition) is 3. The standard InChI is InChI=1S/C18H21N3/c1-20-10-12-21(13-11-20)19-18-16-8-4-2-6-14(16)15-7-3-5-9-17(15)18/h2-9,18-19H,10-13H2,1H3. The second-order valence-electron chi connectivity index (χ2n) is 6.03.